The maximum Gasteiger partial charge on any atom is 0.328 e. The second-order valence-corrected chi connectivity index (χ2v) is 6.40. The fraction of sp³-hybridized carbons (Fsp3) is 0.500. The Kier molecular flexibility index (Phi) is 4.44. The molecule has 134 valence electrons. The Hall–Kier alpha value is -2.52. The molecule has 9 heteroatoms. The third kappa shape index (κ3) is 3.08. The number of likely N-dealkylation sites (tertiary alicyclic amines) is 1. The van der Waals surface area contributed by atoms with Crippen LogP contribution in [-0.2, 0) is 9.53 Å². The molecule has 0 bridgehead atoms. The Labute approximate surface area is 143 Å². The first-order chi connectivity index (χ1) is 11.8. The van der Waals surface area contributed by atoms with E-state index in [0.717, 1.165) is 0 Å². The van der Waals surface area contributed by atoms with Gasteiger partial charge in [-0.25, -0.2) is 4.79 Å². The molecule has 9 nitrogen and oxygen atoms in total. The monoisotopic (exact) mass is 349 g/mol. The standard InChI is InChI=1S/C16H19N3O6/c1-17-7-5-16(6-8-17)18(13(10-25-16)15(21)22)14(20)11-3-2-4-12(9-11)19(23)24/h2-4,9,13H,5-8,10H2,1H3,(H,21,22)/t13-/m1/s1. The summed E-state index contributed by atoms with van der Waals surface area (Å²) in [5.41, 5.74) is -1.10. The van der Waals surface area contributed by atoms with Crippen molar-refractivity contribution in [2.45, 2.75) is 24.6 Å². The van der Waals surface area contributed by atoms with Crippen LogP contribution in [0, 0.1) is 10.1 Å². The SMILES string of the molecule is CN1CCC2(CC1)OC[C@H](C(=O)O)N2C(=O)c1cccc([N+](=O)[O-])c1. The molecule has 0 radical (unpaired) electrons. The molecule has 2 aliphatic heterocycles. The zero-order chi connectivity index (χ0) is 18.2. The number of amides is 1. The number of rotatable bonds is 3. The van der Waals surface area contributed by atoms with E-state index in [9.17, 15) is 24.8 Å². The minimum absolute atomic E-state index is 0.0836. The molecule has 2 heterocycles. The predicted octanol–water partition coefficient (Wildman–Crippen LogP) is 0.942. The van der Waals surface area contributed by atoms with Crippen LogP contribution in [0.15, 0.2) is 24.3 Å². The molecule has 1 amide bonds. The van der Waals surface area contributed by atoms with Gasteiger partial charge in [-0.1, -0.05) is 6.07 Å². The molecule has 1 atom stereocenters. The van der Waals surface area contributed by atoms with E-state index in [4.69, 9.17) is 4.74 Å². The number of benzene rings is 1. The summed E-state index contributed by atoms with van der Waals surface area (Å²) in [5, 5.41) is 20.5. The van der Waals surface area contributed by atoms with Crippen molar-refractivity contribution in [3.05, 3.63) is 39.9 Å². The topological polar surface area (TPSA) is 113 Å². The first-order valence-corrected chi connectivity index (χ1v) is 7.97. The molecule has 2 fully saturated rings. The van der Waals surface area contributed by atoms with Crippen molar-refractivity contribution in [1.82, 2.24) is 9.80 Å². The molecule has 1 aromatic carbocycles. The highest BCUT2D eigenvalue weighted by molar-refractivity contribution is 5.98. The van der Waals surface area contributed by atoms with Crippen molar-refractivity contribution in [1.29, 1.82) is 0 Å². The smallest absolute Gasteiger partial charge is 0.328 e. The molecular weight excluding hydrogens is 330 g/mol. The minimum atomic E-state index is -1.14. The summed E-state index contributed by atoms with van der Waals surface area (Å²) < 4.78 is 5.80. The van der Waals surface area contributed by atoms with Gasteiger partial charge in [0.2, 0.25) is 0 Å². The number of carboxylic acids is 1. The van der Waals surface area contributed by atoms with Gasteiger partial charge in [0, 0.05) is 43.6 Å². The zero-order valence-electron chi connectivity index (χ0n) is 13.8. The van der Waals surface area contributed by atoms with E-state index >= 15 is 0 Å². The number of nitro benzene ring substituents is 1. The van der Waals surface area contributed by atoms with Crippen LogP contribution < -0.4 is 0 Å². The summed E-state index contributed by atoms with van der Waals surface area (Å²) >= 11 is 0. The van der Waals surface area contributed by atoms with Gasteiger partial charge in [-0.15, -0.1) is 0 Å². The number of hydrogen-bond acceptors (Lipinski definition) is 6. The van der Waals surface area contributed by atoms with Crippen LogP contribution in [0.2, 0.25) is 0 Å². The van der Waals surface area contributed by atoms with Crippen molar-refractivity contribution in [3.8, 4) is 0 Å². The highest BCUT2D eigenvalue weighted by Gasteiger charge is 2.53. The molecule has 1 aromatic rings. The molecule has 0 unspecified atom stereocenters. The van der Waals surface area contributed by atoms with Crippen molar-refractivity contribution >= 4 is 17.6 Å². The average Bonchev–Trinajstić information content (AvgIpc) is 2.96. The van der Waals surface area contributed by atoms with Gasteiger partial charge in [-0.2, -0.15) is 0 Å². The van der Waals surface area contributed by atoms with E-state index in [1.54, 1.807) is 0 Å². The van der Waals surface area contributed by atoms with Crippen molar-refractivity contribution < 1.29 is 24.4 Å². The third-order valence-corrected chi connectivity index (χ3v) is 4.84. The van der Waals surface area contributed by atoms with Gasteiger partial charge in [0.15, 0.2) is 6.04 Å². The summed E-state index contributed by atoms with van der Waals surface area (Å²) in [5.74, 6) is -1.70. The van der Waals surface area contributed by atoms with Gasteiger partial charge in [0.1, 0.15) is 5.72 Å². The Bertz CT molecular complexity index is 714. The summed E-state index contributed by atoms with van der Waals surface area (Å²) in [7, 11) is 1.95. The molecule has 3 rings (SSSR count). The first-order valence-electron chi connectivity index (χ1n) is 7.97. The fourth-order valence-corrected chi connectivity index (χ4v) is 3.42. The summed E-state index contributed by atoms with van der Waals surface area (Å²) in [4.78, 5) is 38.4. The lowest BCUT2D eigenvalue weighted by molar-refractivity contribution is -0.384. The van der Waals surface area contributed by atoms with Crippen molar-refractivity contribution in [2.75, 3.05) is 26.7 Å². The second-order valence-electron chi connectivity index (χ2n) is 6.40. The van der Waals surface area contributed by atoms with Gasteiger partial charge in [-0.05, 0) is 13.1 Å². The largest absolute Gasteiger partial charge is 0.480 e. The molecule has 1 spiro atoms. The number of carboxylic acid groups (broad SMARTS) is 1. The van der Waals surface area contributed by atoms with Crippen molar-refractivity contribution in [3.63, 3.8) is 0 Å². The number of carbonyl (C=O) groups excluding carboxylic acids is 1. The molecule has 0 aliphatic carbocycles. The molecule has 25 heavy (non-hydrogen) atoms. The van der Waals surface area contributed by atoms with E-state index in [2.05, 4.69) is 4.90 Å². The number of nitrogens with zero attached hydrogens (tertiary/aromatic N) is 3. The van der Waals surface area contributed by atoms with Crippen LogP contribution in [0.25, 0.3) is 0 Å². The maximum atomic E-state index is 13.0. The lowest BCUT2D eigenvalue weighted by atomic mass is 9.97. The Morgan fingerprint density at radius 1 is 1.36 bits per heavy atom. The molecule has 0 aromatic heterocycles. The number of nitro groups is 1. The van der Waals surface area contributed by atoms with Crippen LogP contribution in [0.5, 0.6) is 0 Å². The van der Waals surface area contributed by atoms with Crippen molar-refractivity contribution in [2.24, 2.45) is 0 Å². The molecule has 1 N–H and O–H groups in total. The molecular formula is C16H19N3O6. The number of piperidine rings is 1. The van der Waals surface area contributed by atoms with Crippen LogP contribution >= 0.6 is 0 Å². The molecule has 2 aliphatic rings. The van der Waals surface area contributed by atoms with E-state index in [1.165, 1.54) is 29.2 Å². The zero-order valence-corrected chi connectivity index (χ0v) is 13.8. The number of non-ortho nitro benzene ring substituents is 1. The Balaban J connectivity index is 1.97. The highest BCUT2D eigenvalue weighted by Crippen LogP contribution is 2.38. The van der Waals surface area contributed by atoms with Crippen LogP contribution in [0.4, 0.5) is 5.69 Å². The highest BCUT2D eigenvalue weighted by atomic mass is 16.6. The number of aliphatic carboxylic acids is 1. The molecule has 2 saturated heterocycles. The maximum absolute atomic E-state index is 13.0. The molecule has 0 saturated carbocycles. The Morgan fingerprint density at radius 3 is 2.64 bits per heavy atom. The van der Waals surface area contributed by atoms with Crippen LogP contribution in [-0.4, -0.2) is 70.2 Å². The average molecular weight is 349 g/mol. The van der Waals surface area contributed by atoms with E-state index in [-0.39, 0.29) is 17.9 Å². The third-order valence-electron chi connectivity index (χ3n) is 4.84. The van der Waals surface area contributed by atoms with Gasteiger partial charge >= 0.3 is 5.97 Å². The summed E-state index contributed by atoms with van der Waals surface area (Å²) in [6.45, 7) is 1.26. The number of ether oxygens (including phenoxy) is 1. The number of hydrogen-bond donors (Lipinski definition) is 1. The summed E-state index contributed by atoms with van der Waals surface area (Å²) in [6.07, 6.45) is 0.988. The Morgan fingerprint density at radius 2 is 2.04 bits per heavy atom. The quantitative estimate of drug-likeness (QED) is 0.638. The number of carbonyl (C=O) groups is 2. The second kappa shape index (κ2) is 6.41. The lowest BCUT2D eigenvalue weighted by Crippen LogP contribution is -2.57. The fourth-order valence-electron chi connectivity index (χ4n) is 3.42. The van der Waals surface area contributed by atoms with Gasteiger partial charge in [0.25, 0.3) is 11.6 Å². The van der Waals surface area contributed by atoms with Gasteiger partial charge in [-0.3, -0.25) is 19.8 Å². The summed E-state index contributed by atoms with van der Waals surface area (Å²) in [6, 6.07) is 4.23. The first kappa shape index (κ1) is 17.3. The van der Waals surface area contributed by atoms with E-state index in [1.807, 2.05) is 7.05 Å². The van der Waals surface area contributed by atoms with E-state index in [0.29, 0.717) is 25.9 Å². The van der Waals surface area contributed by atoms with Gasteiger partial charge < -0.3 is 14.7 Å². The lowest BCUT2D eigenvalue weighted by Gasteiger charge is -2.43. The predicted molar refractivity (Wildman–Crippen MR) is 86.1 cm³/mol. The van der Waals surface area contributed by atoms with Gasteiger partial charge in [0.05, 0.1) is 11.5 Å². The van der Waals surface area contributed by atoms with Crippen LogP contribution in [0.3, 0.4) is 0 Å². The minimum Gasteiger partial charge on any atom is -0.480 e. The normalized spacial score (nSPS) is 22.9. The van der Waals surface area contributed by atoms with Crippen LogP contribution in [0.1, 0.15) is 23.2 Å². The van der Waals surface area contributed by atoms with E-state index < -0.39 is 28.6 Å².